The predicted molar refractivity (Wildman–Crippen MR) is 98.9 cm³/mol. The van der Waals surface area contributed by atoms with Gasteiger partial charge < -0.3 is 15.1 Å². The molecule has 0 saturated carbocycles. The Morgan fingerprint density at radius 3 is 2.21 bits per heavy atom. The van der Waals surface area contributed by atoms with Crippen molar-refractivity contribution in [2.45, 2.75) is 6.10 Å². The summed E-state index contributed by atoms with van der Waals surface area (Å²) in [7, 11) is 0. The Bertz CT molecular complexity index is 1030. The molecule has 120 valence electrons. The van der Waals surface area contributed by atoms with E-state index in [2.05, 4.69) is 59.5 Å². The van der Waals surface area contributed by atoms with E-state index in [0.29, 0.717) is 13.1 Å². The lowest BCUT2D eigenvalue weighted by Crippen LogP contribution is -2.21. The van der Waals surface area contributed by atoms with Crippen LogP contribution in [-0.4, -0.2) is 36.0 Å². The van der Waals surface area contributed by atoms with Crippen molar-refractivity contribution >= 4 is 38.0 Å². The summed E-state index contributed by atoms with van der Waals surface area (Å²) >= 11 is 0. The average molecular weight is 317 g/mol. The molecule has 2 atom stereocenters. The molecule has 24 heavy (non-hydrogen) atoms. The predicted octanol–water partition coefficient (Wildman–Crippen LogP) is 3.37. The molecule has 4 aromatic rings. The van der Waals surface area contributed by atoms with Gasteiger partial charge in [-0.3, -0.25) is 0 Å². The van der Waals surface area contributed by atoms with Gasteiger partial charge >= 0.3 is 0 Å². The topological polar surface area (TPSA) is 43.7 Å². The minimum absolute atomic E-state index is 0.0312. The van der Waals surface area contributed by atoms with Crippen LogP contribution in [0.2, 0.25) is 0 Å². The Hall–Kier alpha value is -2.36. The molecule has 5 rings (SSSR count). The monoisotopic (exact) mass is 317 g/mol. The van der Waals surface area contributed by atoms with E-state index in [1.54, 1.807) is 0 Å². The normalized spacial score (nSPS) is 21.5. The maximum atomic E-state index is 10.2. The quantitative estimate of drug-likeness (QED) is 0.557. The van der Waals surface area contributed by atoms with Crippen LogP contribution in [0.1, 0.15) is 0 Å². The van der Waals surface area contributed by atoms with Gasteiger partial charge in [-0.1, -0.05) is 48.5 Å². The molecule has 4 aromatic carbocycles. The minimum atomic E-state index is -0.464. The lowest BCUT2D eigenvalue weighted by Gasteiger charge is -2.22. The summed E-state index contributed by atoms with van der Waals surface area (Å²) in [6, 6.07) is 19.5. The van der Waals surface area contributed by atoms with E-state index in [1.165, 1.54) is 32.3 Å². The Morgan fingerprint density at radius 2 is 1.50 bits per heavy atom. The van der Waals surface area contributed by atoms with Crippen molar-refractivity contribution in [3.05, 3.63) is 54.6 Å². The number of hydrogen-bond donors (Lipinski definition) is 2. The van der Waals surface area contributed by atoms with Gasteiger partial charge in [0.05, 0.1) is 12.7 Å². The van der Waals surface area contributed by atoms with Gasteiger partial charge in [-0.25, -0.2) is 0 Å². The highest BCUT2D eigenvalue weighted by molar-refractivity contribution is 6.25. The van der Waals surface area contributed by atoms with Crippen LogP contribution < -0.4 is 4.90 Å². The summed E-state index contributed by atoms with van der Waals surface area (Å²) in [5, 5.41) is 27.2. The third-order valence-corrected chi connectivity index (χ3v) is 5.49. The zero-order chi connectivity index (χ0) is 16.3. The first-order valence-electron chi connectivity index (χ1n) is 8.46. The molecule has 1 aliphatic rings. The van der Waals surface area contributed by atoms with Gasteiger partial charge in [-0.15, -0.1) is 0 Å². The van der Waals surface area contributed by atoms with E-state index in [9.17, 15) is 10.2 Å². The van der Waals surface area contributed by atoms with Crippen molar-refractivity contribution in [2.24, 2.45) is 5.92 Å². The smallest absolute Gasteiger partial charge is 0.0782 e. The van der Waals surface area contributed by atoms with E-state index < -0.39 is 6.10 Å². The summed E-state index contributed by atoms with van der Waals surface area (Å²) in [5.41, 5.74) is 1.15. The van der Waals surface area contributed by atoms with Crippen LogP contribution in [-0.2, 0) is 0 Å². The summed E-state index contributed by atoms with van der Waals surface area (Å²) in [4.78, 5) is 2.21. The van der Waals surface area contributed by atoms with Gasteiger partial charge in [-0.05, 0) is 33.0 Å². The molecule has 3 heteroatoms. The molecule has 1 aliphatic heterocycles. The van der Waals surface area contributed by atoms with Crippen LogP contribution in [0.4, 0.5) is 5.69 Å². The molecular formula is C21H19NO2. The number of β-amino-alcohol motifs (C(OH)–C–C–N with tert-alkyl or cyclic N) is 1. The minimum Gasteiger partial charge on any atom is -0.396 e. The van der Waals surface area contributed by atoms with Crippen LogP contribution in [0.15, 0.2) is 54.6 Å². The van der Waals surface area contributed by atoms with Crippen molar-refractivity contribution < 1.29 is 10.2 Å². The van der Waals surface area contributed by atoms with Gasteiger partial charge in [0.2, 0.25) is 0 Å². The molecule has 1 saturated heterocycles. The lowest BCUT2D eigenvalue weighted by atomic mass is 9.93. The number of nitrogens with zero attached hydrogens (tertiary/aromatic N) is 1. The zero-order valence-electron chi connectivity index (χ0n) is 13.3. The van der Waals surface area contributed by atoms with E-state index in [1.807, 2.05) is 0 Å². The largest absolute Gasteiger partial charge is 0.396 e. The van der Waals surface area contributed by atoms with Crippen LogP contribution in [0.5, 0.6) is 0 Å². The Morgan fingerprint density at radius 1 is 0.833 bits per heavy atom. The van der Waals surface area contributed by atoms with Crippen molar-refractivity contribution in [1.82, 2.24) is 0 Å². The highest BCUT2D eigenvalue weighted by Gasteiger charge is 2.31. The first-order valence-corrected chi connectivity index (χ1v) is 8.46. The molecule has 0 radical (unpaired) electrons. The van der Waals surface area contributed by atoms with E-state index in [-0.39, 0.29) is 12.5 Å². The molecule has 0 aliphatic carbocycles. The fraction of sp³-hybridized carbons (Fsp3) is 0.238. The first-order chi connectivity index (χ1) is 11.8. The van der Waals surface area contributed by atoms with Gasteiger partial charge in [0, 0.05) is 30.1 Å². The highest BCUT2D eigenvalue weighted by Crippen LogP contribution is 2.39. The number of anilines is 1. The van der Waals surface area contributed by atoms with Crippen LogP contribution >= 0.6 is 0 Å². The van der Waals surface area contributed by atoms with E-state index in [0.717, 1.165) is 5.69 Å². The number of benzene rings is 4. The van der Waals surface area contributed by atoms with Crippen LogP contribution in [0, 0.1) is 5.92 Å². The Kier molecular flexibility index (Phi) is 2.96. The lowest BCUT2D eigenvalue weighted by molar-refractivity contribution is 0.104. The molecule has 0 aromatic heterocycles. The van der Waals surface area contributed by atoms with Crippen molar-refractivity contribution in [3.8, 4) is 0 Å². The molecule has 0 bridgehead atoms. The second-order valence-electron chi connectivity index (χ2n) is 6.86. The standard InChI is InChI=1S/C21H19NO2/c23-12-16-10-22(11-19(16)24)18-9-7-15-5-4-13-2-1-3-14-6-8-17(18)21(15)20(13)14/h1-9,16,19,23-24H,10-12H2. The van der Waals surface area contributed by atoms with Gasteiger partial charge in [0.1, 0.15) is 0 Å². The molecule has 1 fully saturated rings. The fourth-order valence-corrected chi connectivity index (χ4v) is 4.23. The van der Waals surface area contributed by atoms with Gasteiger partial charge in [0.15, 0.2) is 0 Å². The molecule has 0 amide bonds. The highest BCUT2D eigenvalue weighted by atomic mass is 16.3. The Balaban J connectivity index is 1.79. The zero-order valence-corrected chi connectivity index (χ0v) is 13.3. The molecule has 2 unspecified atom stereocenters. The maximum absolute atomic E-state index is 10.2. The summed E-state index contributed by atoms with van der Waals surface area (Å²) < 4.78 is 0. The second kappa shape index (κ2) is 5.07. The molecule has 1 heterocycles. The van der Waals surface area contributed by atoms with Gasteiger partial charge in [-0.2, -0.15) is 0 Å². The molecule has 2 N–H and O–H groups in total. The summed E-state index contributed by atoms with van der Waals surface area (Å²) in [6.45, 7) is 1.31. The van der Waals surface area contributed by atoms with Crippen molar-refractivity contribution in [2.75, 3.05) is 24.6 Å². The number of hydrogen-bond acceptors (Lipinski definition) is 3. The third-order valence-electron chi connectivity index (χ3n) is 5.49. The van der Waals surface area contributed by atoms with Gasteiger partial charge in [0.25, 0.3) is 0 Å². The number of rotatable bonds is 2. The first kappa shape index (κ1) is 14.0. The Labute approximate surface area is 140 Å². The van der Waals surface area contributed by atoms with Crippen LogP contribution in [0.25, 0.3) is 32.3 Å². The number of aliphatic hydroxyl groups is 2. The summed E-state index contributed by atoms with van der Waals surface area (Å²) in [5.74, 6) is -0.0662. The van der Waals surface area contributed by atoms with E-state index in [4.69, 9.17) is 0 Å². The molecule has 3 nitrogen and oxygen atoms in total. The SMILES string of the molecule is OCC1CN(c2ccc3ccc4cccc5ccc2c3c45)CC1O. The van der Waals surface area contributed by atoms with E-state index >= 15 is 0 Å². The fourth-order valence-electron chi connectivity index (χ4n) is 4.23. The average Bonchev–Trinajstić information content (AvgIpc) is 3.00. The maximum Gasteiger partial charge on any atom is 0.0782 e. The molecular weight excluding hydrogens is 298 g/mol. The van der Waals surface area contributed by atoms with Crippen molar-refractivity contribution in [3.63, 3.8) is 0 Å². The molecule has 0 spiro atoms. The number of aliphatic hydroxyl groups excluding tert-OH is 2. The summed E-state index contributed by atoms with van der Waals surface area (Å²) in [6.07, 6.45) is -0.464. The van der Waals surface area contributed by atoms with Crippen molar-refractivity contribution in [1.29, 1.82) is 0 Å². The third kappa shape index (κ3) is 1.86. The second-order valence-corrected chi connectivity index (χ2v) is 6.86. The van der Waals surface area contributed by atoms with Crippen LogP contribution in [0.3, 0.4) is 0 Å².